The third kappa shape index (κ3) is 4.09. The van der Waals surface area contributed by atoms with Gasteiger partial charge in [-0.2, -0.15) is 0 Å². The van der Waals surface area contributed by atoms with Crippen LogP contribution in [-0.2, 0) is 0 Å². The van der Waals surface area contributed by atoms with Gasteiger partial charge < -0.3 is 30.3 Å². The van der Waals surface area contributed by atoms with Crippen molar-refractivity contribution in [3.05, 3.63) is 107 Å². The SMILES string of the molecule is Oc1ccc(/C=C/c2cc(O)c3c(c2)O[C@@H](c2ccc(O)cc2)[C@H]3c2cc(O)cc(O)c2)cc1. The minimum Gasteiger partial charge on any atom is -0.508 e. The Morgan fingerprint density at radius 3 is 1.79 bits per heavy atom. The molecule has 0 bridgehead atoms. The molecule has 5 rings (SSSR count). The molecule has 0 spiro atoms. The first-order valence-corrected chi connectivity index (χ1v) is 10.7. The lowest BCUT2D eigenvalue weighted by Crippen LogP contribution is -2.11. The summed E-state index contributed by atoms with van der Waals surface area (Å²) in [6.07, 6.45) is 3.13. The molecule has 170 valence electrons. The van der Waals surface area contributed by atoms with Crippen LogP contribution in [0.5, 0.6) is 34.5 Å². The summed E-state index contributed by atoms with van der Waals surface area (Å²) in [4.78, 5) is 0. The number of fused-ring (bicyclic) bond motifs is 1. The fourth-order valence-electron chi connectivity index (χ4n) is 4.34. The van der Waals surface area contributed by atoms with Crippen LogP contribution in [0, 0.1) is 0 Å². The molecule has 0 saturated carbocycles. The number of phenols is 5. The van der Waals surface area contributed by atoms with Gasteiger partial charge in [-0.15, -0.1) is 0 Å². The minimum atomic E-state index is -0.556. The van der Waals surface area contributed by atoms with Gasteiger partial charge in [0.05, 0.1) is 5.92 Å². The lowest BCUT2D eigenvalue weighted by Gasteiger charge is -2.21. The second-order valence-corrected chi connectivity index (χ2v) is 8.27. The van der Waals surface area contributed by atoms with Crippen LogP contribution in [0.4, 0.5) is 0 Å². The molecule has 4 aromatic rings. The Hall–Kier alpha value is -4.58. The lowest BCUT2D eigenvalue weighted by atomic mass is 9.84. The number of hydrogen-bond acceptors (Lipinski definition) is 6. The van der Waals surface area contributed by atoms with Gasteiger partial charge in [-0.25, -0.2) is 0 Å². The number of benzene rings is 4. The Morgan fingerprint density at radius 1 is 0.559 bits per heavy atom. The van der Waals surface area contributed by atoms with Crippen molar-refractivity contribution >= 4 is 12.2 Å². The van der Waals surface area contributed by atoms with E-state index in [9.17, 15) is 25.5 Å². The Labute approximate surface area is 195 Å². The molecule has 6 nitrogen and oxygen atoms in total. The van der Waals surface area contributed by atoms with Gasteiger partial charge in [-0.1, -0.05) is 36.4 Å². The van der Waals surface area contributed by atoms with Crippen molar-refractivity contribution in [1.29, 1.82) is 0 Å². The third-order valence-corrected chi connectivity index (χ3v) is 5.88. The van der Waals surface area contributed by atoms with Crippen LogP contribution in [0.1, 0.15) is 39.8 Å². The minimum absolute atomic E-state index is 0.0250. The average Bonchev–Trinajstić information content (AvgIpc) is 3.19. The van der Waals surface area contributed by atoms with E-state index >= 15 is 0 Å². The zero-order valence-electron chi connectivity index (χ0n) is 18.0. The molecule has 0 amide bonds. The number of rotatable bonds is 4. The van der Waals surface area contributed by atoms with Crippen molar-refractivity contribution in [2.75, 3.05) is 0 Å². The quantitative estimate of drug-likeness (QED) is 0.255. The number of ether oxygens (including phenoxy) is 1. The molecule has 0 saturated heterocycles. The van der Waals surface area contributed by atoms with Gasteiger partial charge in [-0.05, 0) is 70.8 Å². The Bertz CT molecular complexity index is 1350. The van der Waals surface area contributed by atoms with Crippen molar-refractivity contribution in [2.45, 2.75) is 12.0 Å². The predicted molar refractivity (Wildman–Crippen MR) is 128 cm³/mol. The molecule has 0 aromatic heterocycles. The average molecular weight is 454 g/mol. The molecule has 4 aromatic carbocycles. The molecule has 0 radical (unpaired) electrons. The fourth-order valence-corrected chi connectivity index (χ4v) is 4.34. The first-order valence-electron chi connectivity index (χ1n) is 10.7. The second-order valence-electron chi connectivity index (χ2n) is 8.27. The highest BCUT2D eigenvalue weighted by atomic mass is 16.5. The molecule has 1 aliphatic rings. The molecule has 0 fully saturated rings. The molecule has 6 heteroatoms. The van der Waals surface area contributed by atoms with Crippen LogP contribution in [-0.4, -0.2) is 25.5 Å². The zero-order valence-corrected chi connectivity index (χ0v) is 18.0. The highest BCUT2D eigenvalue weighted by molar-refractivity contribution is 5.73. The first kappa shape index (κ1) is 21.3. The van der Waals surface area contributed by atoms with E-state index in [0.29, 0.717) is 22.4 Å². The van der Waals surface area contributed by atoms with Gasteiger partial charge in [0.15, 0.2) is 0 Å². The number of aromatic hydroxyl groups is 5. The summed E-state index contributed by atoms with van der Waals surface area (Å²) in [5.74, 6) is 0.114. The molecule has 0 aliphatic carbocycles. The van der Waals surface area contributed by atoms with Crippen LogP contribution in [0.25, 0.3) is 12.2 Å². The van der Waals surface area contributed by atoms with Crippen LogP contribution < -0.4 is 4.74 Å². The van der Waals surface area contributed by atoms with Crippen LogP contribution in [0.2, 0.25) is 0 Å². The summed E-state index contributed by atoms with van der Waals surface area (Å²) in [7, 11) is 0. The summed E-state index contributed by atoms with van der Waals surface area (Å²) in [6, 6.07) is 21.1. The lowest BCUT2D eigenvalue weighted by molar-refractivity contribution is 0.222. The van der Waals surface area contributed by atoms with Crippen LogP contribution >= 0.6 is 0 Å². The Morgan fingerprint density at radius 2 is 1.15 bits per heavy atom. The Balaban J connectivity index is 1.58. The van der Waals surface area contributed by atoms with Gasteiger partial charge in [0.1, 0.15) is 40.6 Å². The number of phenolic OH excluding ortho intramolecular Hbond substituents is 5. The summed E-state index contributed by atoms with van der Waals surface area (Å²) in [5, 5.41) is 50.3. The van der Waals surface area contributed by atoms with Crippen molar-refractivity contribution in [3.8, 4) is 34.5 Å². The highest BCUT2D eigenvalue weighted by Crippen LogP contribution is 2.54. The van der Waals surface area contributed by atoms with Crippen molar-refractivity contribution in [1.82, 2.24) is 0 Å². The van der Waals surface area contributed by atoms with E-state index in [4.69, 9.17) is 4.74 Å². The maximum atomic E-state index is 11.0. The van der Waals surface area contributed by atoms with Gasteiger partial charge >= 0.3 is 0 Å². The molecule has 1 aliphatic heterocycles. The van der Waals surface area contributed by atoms with Gasteiger partial charge in [0.2, 0.25) is 0 Å². The highest BCUT2D eigenvalue weighted by Gasteiger charge is 2.39. The number of hydrogen-bond donors (Lipinski definition) is 5. The van der Waals surface area contributed by atoms with E-state index in [1.807, 2.05) is 18.2 Å². The summed E-state index contributed by atoms with van der Waals surface area (Å²) in [5.41, 5.74) is 3.49. The maximum Gasteiger partial charge on any atom is 0.135 e. The van der Waals surface area contributed by atoms with E-state index in [1.165, 1.54) is 18.2 Å². The van der Waals surface area contributed by atoms with E-state index in [0.717, 1.165) is 11.1 Å². The topological polar surface area (TPSA) is 110 Å². The third-order valence-electron chi connectivity index (χ3n) is 5.88. The molecule has 1 heterocycles. The normalized spacial score (nSPS) is 16.9. The van der Waals surface area contributed by atoms with E-state index in [-0.39, 0.29) is 28.7 Å². The van der Waals surface area contributed by atoms with Gasteiger partial charge in [0.25, 0.3) is 0 Å². The predicted octanol–water partition coefficient (Wildman–Crippen LogP) is 5.65. The fraction of sp³-hybridized carbons (Fsp3) is 0.0714. The Kier molecular flexibility index (Phi) is 5.26. The molecule has 34 heavy (non-hydrogen) atoms. The summed E-state index contributed by atoms with van der Waals surface area (Å²) in [6.45, 7) is 0. The molecule has 2 atom stereocenters. The van der Waals surface area contributed by atoms with Crippen molar-refractivity contribution in [2.24, 2.45) is 0 Å². The zero-order chi connectivity index (χ0) is 23.8. The van der Waals surface area contributed by atoms with E-state index in [1.54, 1.807) is 54.6 Å². The van der Waals surface area contributed by atoms with Crippen LogP contribution in [0.3, 0.4) is 0 Å². The first-order chi connectivity index (χ1) is 16.4. The summed E-state index contributed by atoms with van der Waals surface area (Å²) < 4.78 is 6.30. The standard InChI is InChI=1S/C28H22O6/c29-20-7-3-16(4-8-20)1-2-17-11-24(33)27-25(12-17)34-28(18-5-9-21(30)10-6-18)26(27)19-13-22(31)15-23(32)14-19/h1-15,26,28-33H/b2-1+/t26-,28-/m0/s1. The molecular weight excluding hydrogens is 432 g/mol. The monoisotopic (exact) mass is 454 g/mol. The van der Waals surface area contributed by atoms with Crippen LogP contribution in [0.15, 0.2) is 78.9 Å². The summed E-state index contributed by atoms with van der Waals surface area (Å²) >= 11 is 0. The molecular formula is C28H22O6. The second kappa shape index (κ2) is 8.41. The van der Waals surface area contributed by atoms with Crippen molar-refractivity contribution < 1.29 is 30.3 Å². The van der Waals surface area contributed by atoms with Gasteiger partial charge in [-0.3, -0.25) is 0 Å². The van der Waals surface area contributed by atoms with Gasteiger partial charge in [0, 0.05) is 11.6 Å². The maximum absolute atomic E-state index is 11.0. The largest absolute Gasteiger partial charge is 0.508 e. The van der Waals surface area contributed by atoms with E-state index < -0.39 is 12.0 Å². The smallest absolute Gasteiger partial charge is 0.135 e. The van der Waals surface area contributed by atoms with Crippen molar-refractivity contribution in [3.63, 3.8) is 0 Å². The molecule has 5 N–H and O–H groups in total. The van der Waals surface area contributed by atoms with E-state index in [2.05, 4.69) is 0 Å². The molecule has 0 unspecified atom stereocenters.